The molecule has 28 heavy (non-hydrogen) atoms. The molecule has 0 bridgehead atoms. The van der Waals surface area contributed by atoms with Crippen LogP contribution < -0.4 is 10.9 Å². The smallest absolute Gasteiger partial charge is 0.339 e. The monoisotopic (exact) mass is 376 g/mol. The number of rotatable bonds is 5. The van der Waals surface area contributed by atoms with Gasteiger partial charge in [0.2, 0.25) is 5.91 Å². The third-order valence-corrected chi connectivity index (χ3v) is 5.02. The van der Waals surface area contributed by atoms with Gasteiger partial charge in [0.15, 0.2) is 0 Å². The molecule has 0 aliphatic heterocycles. The maximum absolute atomic E-state index is 12.5. The molecular formula is C22H20N2O4. The van der Waals surface area contributed by atoms with E-state index >= 15 is 0 Å². The highest BCUT2D eigenvalue weighted by molar-refractivity contribution is 5.96. The van der Waals surface area contributed by atoms with E-state index in [1.54, 1.807) is 24.7 Å². The van der Waals surface area contributed by atoms with E-state index in [9.17, 15) is 9.59 Å². The third-order valence-electron chi connectivity index (χ3n) is 5.02. The van der Waals surface area contributed by atoms with Crippen molar-refractivity contribution in [1.82, 2.24) is 10.3 Å². The van der Waals surface area contributed by atoms with Crippen LogP contribution in [0.4, 0.5) is 0 Å². The number of fused-ring (bicyclic) bond motifs is 2. The number of hydrogen-bond donors (Lipinski definition) is 1. The van der Waals surface area contributed by atoms with Crippen molar-refractivity contribution in [3.63, 3.8) is 0 Å². The number of aryl methyl sites for hydroxylation is 2. The van der Waals surface area contributed by atoms with E-state index in [1.807, 2.05) is 32.0 Å². The van der Waals surface area contributed by atoms with Gasteiger partial charge in [0.05, 0.1) is 6.26 Å². The van der Waals surface area contributed by atoms with E-state index in [-0.39, 0.29) is 12.3 Å². The van der Waals surface area contributed by atoms with Crippen LogP contribution >= 0.6 is 0 Å². The number of carbonyl (C=O) groups excluding carboxylic acids is 1. The fourth-order valence-corrected chi connectivity index (χ4v) is 3.35. The minimum atomic E-state index is -0.408. The number of aromatic nitrogens is 1. The van der Waals surface area contributed by atoms with Crippen LogP contribution in [0.2, 0.25) is 0 Å². The van der Waals surface area contributed by atoms with Gasteiger partial charge >= 0.3 is 5.63 Å². The minimum Gasteiger partial charge on any atom is -0.464 e. The Bertz CT molecular complexity index is 1220. The Hall–Kier alpha value is -3.41. The summed E-state index contributed by atoms with van der Waals surface area (Å²) in [5.41, 5.74) is 4.16. The summed E-state index contributed by atoms with van der Waals surface area (Å²) >= 11 is 0. The lowest BCUT2D eigenvalue weighted by Crippen LogP contribution is -2.24. The highest BCUT2D eigenvalue weighted by atomic mass is 16.4. The lowest BCUT2D eigenvalue weighted by molar-refractivity contribution is -0.121. The van der Waals surface area contributed by atoms with Crippen LogP contribution in [0.5, 0.6) is 0 Å². The molecular weight excluding hydrogens is 356 g/mol. The van der Waals surface area contributed by atoms with Gasteiger partial charge < -0.3 is 14.2 Å². The van der Waals surface area contributed by atoms with Crippen molar-refractivity contribution in [2.75, 3.05) is 0 Å². The molecule has 142 valence electrons. The average molecular weight is 376 g/mol. The quantitative estimate of drug-likeness (QED) is 0.536. The first-order valence-corrected chi connectivity index (χ1v) is 9.12. The highest BCUT2D eigenvalue weighted by Gasteiger charge is 2.15. The molecule has 0 saturated carbocycles. The molecule has 0 aliphatic carbocycles. The number of benzene rings is 1. The predicted molar refractivity (Wildman–Crippen MR) is 106 cm³/mol. The topological polar surface area (TPSA) is 85.3 Å². The van der Waals surface area contributed by atoms with E-state index in [2.05, 4.69) is 10.3 Å². The largest absolute Gasteiger partial charge is 0.464 e. The number of nitrogens with one attached hydrogen (secondary N) is 1. The molecule has 0 aliphatic rings. The van der Waals surface area contributed by atoms with Crippen LogP contribution in [-0.2, 0) is 17.8 Å². The molecule has 0 atom stereocenters. The van der Waals surface area contributed by atoms with Crippen LogP contribution in [0.15, 0.2) is 56.6 Å². The van der Waals surface area contributed by atoms with Crippen molar-refractivity contribution in [3.8, 4) is 0 Å². The van der Waals surface area contributed by atoms with Crippen LogP contribution in [0.3, 0.4) is 0 Å². The second-order valence-corrected chi connectivity index (χ2v) is 6.89. The van der Waals surface area contributed by atoms with Crippen LogP contribution in [0.25, 0.3) is 21.9 Å². The van der Waals surface area contributed by atoms with Gasteiger partial charge in [-0.1, -0.05) is 0 Å². The zero-order valence-electron chi connectivity index (χ0n) is 15.7. The normalized spacial score (nSPS) is 11.2. The number of carbonyl (C=O) groups is 1. The summed E-state index contributed by atoms with van der Waals surface area (Å²) in [7, 11) is 0. The molecule has 6 heteroatoms. The Kier molecular flexibility index (Phi) is 4.69. The number of hydrogen-bond acceptors (Lipinski definition) is 5. The molecule has 1 amide bonds. The maximum Gasteiger partial charge on any atom is 0.339 e. The second kappa shape index (κ2) is 7.31. The zero-order valence-corrected chi connectivity index (χ0v) is 15.7. The minimum absolute atomic E-state index is 0.114. The van der Waals surface area contributed by atoms with E-state index < -0.39 is 5.63 Å². The van der Waals surface area contributed by atoms with Gasteiger partial charge in [0.25, 0.3) is 0 Å². The van der Waals surface area contributed by atoms with Crippen molar-refractivity contribution < 1.29 is 13.6 Å². The van der Waals surface area contributed by atoms with E-state index in [4.69, 9.17) is 8.83 Å². The van der Waals surface area contributed by atoms with Crippen molar-refractivity contribution >= 4 is 27.8 Å². The summed E-state index contributed by atoms with van der Waals surface area (Å²) in [6, 6.07) is 7.42. The molecule has 4 rings (SSSR count). The molecule has 3 heterocycles. The lowest BCUT2D eigenvalue weighted by Gasteiger charge is -2.09. The fourth-order valence-electron chi connectivity index (χ4n) is 3.35. The Labute approximate surface area is 161 Å². The molecule has 6 nitrogen and oxygen atoms in total. The maximum atomic E-state index is 12.5. The van der Waals surface area contributed by atoms with Gasteiger partial charge in [-0.2, -0.15) is 0 Å². The molecule has 0 fully saturated rings. The summed E-state index contributed by atoms with van der Waals surface area (Å²) in [5, 5.41) is 4.72. The summed E-state index contributed by atoms with van der Waals surface area (Å²) in [6.07, 6.45) is 5.60. The van der Waals surface area contributed by atoms with Crippen LogP contribution in [0, 0.1) is 13.8 Å². The number of furan rings is 1. The molecule has 3 aromatic heterocycles. The summed E-state index contributed by atoms with van der Waals surface area (Å²) in [6.45, 7) is 4.30. The zero-order chi connectivity index (χ0) is 19.7. The van der Waals surface area contributed by atoms with Gasteiger partial charge in [0, 0.05) is 47.8 Å². The van der Waals surface area contributed by atoms with Gasteiger partial charge in [-0.25, -0.2) is 4.79 Å². The Morgan fingerprint density at radius 2 is 1.89 bits per heavy atom. The fraction of sp³-hybridized carbons (Fsp3) is 0.227. The van der Waals surface area contributed by atoms with Gasteiger partial charge in [0.1, 0.15) is 11.2 Å². The SMILES string of the molecule is Cc1coc2cc3oc(=O)c(CCC(=O)NCc4ccncc4)c(C)c3cc12. The number of amides is 1. The van der Waals surface area contributed by atoms with Crippen LogP contribution in [-0.4, -0.2) is 10.9 Å². The van der Waals surface area contributed by atoms with E-state index in [0.29, 0.717) is 29.7 Å². The lowest BCUT2D eigenvalue weighted by atomic mass is 10.0. The summed E-state index contributed by atoms with van der Waals surface area (Å²) in [4.78, 5) is 28.6. The van der Waals surface area contributed by atoms with Crippen molar-refractivity contribution in [2.45, 2.75) is 33.2 Å². The molecule has 0 radical (unpaired) electrons. The standard InChI is InChI=1S/C22H20N2O4/c1-13-12-27-19-10-20-18(9-17(13)19)14(2)16(22(26)28-20)3-4-21(25)24-11-15-5-7-23-8-6-15/h5-10,12H,3-4,11H2,1-2H3,(H,24,25). The molecule has 4 aromatic rings. The van der Waals surface area contributed by atoms with Crippen LogP contribution in [0.1, 0.15) is 28.7 Å². The number of pyridine rings is 1. The Morgan fingerprint density at radius 3 is 2.68 bits per heavy atom. The first-order chi connectivity index (χ1) is 13.5. The predicted octanol–water partition coefficient (Wildman–Crippen LogP) is 3.80. The molecule has 0 unspecified atom stereocenters. The van der Waals surface area contributed by atoms with Gasteiger partial charge in [-0.05, 0) is 55.2 Å². The van der Waals surface area contributed by atoms with E-state index in [1.165, 1.54) is 0 Å². The Morgan fingerprint density at radius 1 is 1.11 bits per heavy atom. The van der Waals surface area contributed by atoms with Gasteiger partial charge in [-0.15, -0.1) is 0 Å². The van der Waals surface area contributed by atoms with Crippen molar-refractivity contribution in [2.24, 2.45) is 0 Å². The molecule has 0 spiro atoms. The molecule has 1 aromatic carbocycles. The van der Waals surface area contributed by atoms with E-state index in [0.717, 1.165) is 27.5 Å². The third kappa shape index (κ3) is 3.41. The summed E-state index contributed by atoms with van der Waals surface area (Å²) < 4.78 is 11.0. The molecule has 1 N–H and O–H groups in total. The summed E-state index contributed by atoms with van der Waals surface area (Å²) in [5.74, 6) is -0.114. The highest BCUT2D eigenvalue weighted by Crippen LogP contribution is 2.28. The first kappa shape index (κ1) is 18.0. The van der Waals surface area contributed by atoms with Crippen molar-refractivity contribution in [3.05, 3.63) is 75.6 Å². The number of nitrogens with zero attached hydrogens (tertiary/aromatic N) is 1. The Balaban J connectivity index is 1.54. The average Bonchev–Trinajstić information content (AvgIpc) is 3.05. The molecule has 0 saturated heterocycles. The second-order valence-electron chi connectivity index (χ2n) is 6.89. The van der Waals surface area contributed by atoms with Gasteiger partial charge in [-0.3, -0.25) is 9.78 Å². The first-order valence-electron chi connectivity index (χ1n) is 9.12. The van der Waals surface area contributed by atoms with Crippen molar-refractivity contribution in [1.29, 1.82) is 0 Å².